The van der Waals surface area contributed by atoms with Crippen molar-refractivity contribution < 1.29 is 26.7 Å². The number of aliphatic hydroxyl groups excluding tert-OH is 1. The van der Waals surface area contributed by atoms with Crippen LogP contribution in [0.3, 0.4) is 0 Å². The smallest absolute Gasteiger partial charge is 0.392 e. The van der Waals surface area contributed by atoms with Crippen LogP contribution < -0.4 is 4.72 Å². The Morgan fingerprint density at radius 1 is 1.25 bits per heavy atom. The third kappa shape index (κ3) is 7.13. The Balaban J connectivity index is 2.49. The Morgan fingerprint density at radius 3 is 2.50 bits per heavy atom. The number of rotatable bonds is 7. The van der Waals surface area contributed by atoms with Gasteiger partial charge in [-0.2, -0.15) is 13.2 Å². The summed E-state index contributed by atoms with van der Waals surface area (Å²) in [7, 11) is -3.69. The number of benzene rings is 1. The van der Waals surface area contributed by atoms with E-state index in [2.05, 4.69) is 4.72 Å². The summed E-state index contributed by atoms with van der Waals surface area (Å²) >= 11 is -0.273. The molecule has 0 unspecified atom stereocenters. The van der Waals surface area contributed by atoms with Crippen molar-refractivity contribution in [2.75, 3.05) is 12.3 Å². The molecular weight excluding hydrogens is 315 g/mol. The van der Waals surface area contributed by atoms with Crippen LogP contribution in [0, 0.1) is 0 Å². The van der Waals surface area contributed by atoms with Crippen LogP contribution in [0.1, 0.15) is 11.1 Å². The van der Waals surface area contributed by atoms with Gasteiger partial charge in [-0.25, -0.2) is 13.1 Å². The molecule has 0 atom stereocenters. The standard InChI is InChI=1S/C11H14F3NO3S2/c12-11(13,14)19-5-4-15-20(17,18)8-10-3-1-2-9(6-10)7-16/h1-3,6,15-16H,4-5,7-8H2. The average molecular weight is 329 g/mol. The molecule has 4 nitrogen and oxygen atoms in total. The summed E-state index contributed by atoms with van der Waals surface area (Å²) in [5.41, 5.74) is -3.32. The zero-order valence-electron chi connectivity index (χ0n) is 10.4. The Morgan fingerprint density at radius 2 is 1.90 bits per heavy atom. The monoisotopic (exact) mass is 329 g/mol. The van der Waals surface area contributed by atoms with Crippen molar-refractivity contribution >= 4 is 21.8 Å². The molecule has 0 aromatic heterocycles. The van der Waals surface area contributed by atoms with E-state index in [1.807, 2.05) is 0 Å². The Hall–Kier alpha value is -0.770. The molecule has 0 heterocycles. The molecule has 0 spiro atoms. The summed E-state index contributed by atoms with van der Waals surface area (Å²) in [6.07, 6.45) is 0. The van der Waals surface area contributed by atoms with E-state index >= 15 is 0 Å². The van der Waals surface area contributed by atoms with E-state index in [-0.39, 0.29) is 36.4 Å². The largest absolute Gasteiger partial charge is 0.441 e. The molecule has 9 heteroatoms. The van der Waals surface area contributed by atoms with Gasteiger partial charge in [0.2, 0.25) is 10.0 Å². The Kier molecular flexibility index (Phi) is 6.31. The van der Waals surface area contributed by atoms with E-state index in [4.69, 9.17) is 5.11 Å². The van der Waals surface area contributed by atoms with E-state index in [1.54, 1.807) is 18.2 Å². The first-order valence-corrected chi connectivity index (χ1v) is 8.22. The maximum atomic E-state index is 11.9. The van der Waals surface area contributed by atoms with Crippen LogP contribution in [0.25, 0.3) is 0 Å². The van der Waals surface area contributed by atoms with Gasteiger partial charge in [-0.1, -0.05) is 24.3 Å². The van der Waals surface area contributed by atoms with Gasteiger partial charge in [-0.05, 0) is 22.9 Å². The third-order valence-electron chi connectivity index (χ3n) is 2.22. The molecular formula is C11H14F3NO3S2. The second-order valence-electron chi connectivity index (χ2n) is 3.93. The predicted molar refractivity (Wildman–Crippen MR) is 71.5 cm³/mol. The van der Waals surface area contributed by atoms with Crippen LogP contribution in [-0.4, -0.2) is 31.3 Å². The zero-order chi connectivity index (χ0) is 15.2. The molecule has 0 saturated carbocycles. The van der Waals surface area contributed by atoms with Crippen LogP contribution >= 0.6 is 11.8 Å². The van der Waals surface area contributed by atoms with Crippen LogP contribution in [0.5, 0.6) is 0 Å². The maximum Gasteiger partial charge on any atom is 0.441 e. The Labute approximate surface area is 119 Å². The molecule has 0 aliphatic heterocycles. The van der Waals surface area contributed by atoms with Crippen LogP contribution in [0.4, 0.5) is 13.2 Å². The minimum atomic E-state index is -4.36. The molecule has 0 aliphatic carbocycles. The topological polar surface area (TPSA) is 66.4 Å². The summed E-state index contributed by atoms with van der Waals surface area (Å²) in [6, 6.07) is 6.35. The minimum absolute atomic E-state index is 0.205. The van der Waals surface area contributed by atoms with Gasteiger partial charge in [0.05, 0.1) is 12.4 Å². The normalized spacial score (nSPS) is 12.6. The molecule has 0 fully saturated rings. The first-order chi connectivity index (χ1) is 9.22. The van der Waals surface area contributed by atoms with Crippen molar-refractivity contribution in [1.82, 2.24) is 4.72 Å². The maximum absolute atomic E-state index is 11.9. The van der Waals surface area contributed by atoms with Gasteiger partial charge in [0, 0.05) is 12.3 Å². The number of thioether (sulfide) groups is 1. The van der Waals surface area contributed by atoms with Gasteiger partial charge in [0.15, 0.2) is 0 Å². The fourth-order valence-corrected chi connectivity index (χ4v) is 3.15. The number of nitrogens with one attached hydrogen (secondary N) is 1. The van der Waals surface area contributed by atoms with E-state index < -0.39 is 15.5 Å². The molecule has 0 saturated heterocycles. The second kappa shape index (κ2) is 7.30. The molecule has 20 heavy (non-hydrogen) atoms. The van der Waals surface area contributed by atoms with E-state index in [1.165, 1.54) is 6.07 Å². The lowest BCUT2D eigenvalue weighted by Crippen LogP contribution is -2.28. The van der Waals surface area contributed by atoms with Crippen LogP contribution in [0.15, 0.2) is 24.3 Å². The molecule has 0 radical (unpaired) electrons. The highest BCUT2D eigenvalue weighted by Crippen LogP contribution is 2.29. The summed E-state index contributed by atoms with van der Waals surface area (Å²) in [5, 5.41) is 8.94. The summed E-state index contributed by atoms with van der Waals surface area (Å²) in [4.78, 5) is 0. The summed E-state index contributed by atoms with van der Waals surface area (Å²) < 4.78 is 61.0. The highest BCUT2D eigenvalue weighted by Gasteiger charge is 2.27. The van der Waals surface area contributed by atoms with Crippen molar-refractivity contribution in [2.45, 2.75) is 17.9 Å². The lowest BCUT2D eigenvalue weighted by molar-refractivity contribution is -0.0327. The first kappa shape index (κ1) is 17.3. The summed E-state index contributed by atoms with van der Waals surface area (Å²) in [6.45, 7) is -0.490. The van der Waals surface area contributed by atoms with Gasteiger partial charge in [0.25, 0.3) is 0 Å². The van der Waals surface area contributed by atoms with Crippen molar-refractivity contribution in [3.05, 3.63) is 35.4 Å². The molecule has 0 bridgehead atoms. The van der Waals surface area contributed by atoms with Gasteiger partial charge >= 0.3 is 5.51 Å². The predicted octanol–water partition coefficient (Wildman–Crippen LogP) is 1.85. The van der Waals surface area contributed by atoms with Gasteiger partial charge in [-0.15, -0.1) is 0 Å². The van der Waals surface area contributed by atoms with Crippen molar-refractivity contribution in [2.24, 2.45) is 0 Å². The van der Waals surface area contributed by atoms with Gasteiger partial charge in [-0.3, -0.25) is 0 Å². The van der Waals surface area contributed by atoms with E-state index in [0.29, 0.717) is 11.1 Å². The van der Waals surface area contributed by atoms with Gasteiger partial charge < -0.3 is 5.11 Å². The SMILES string of the molecule is O=S(=O)(Cc1cccc(CO)c1)NCCSC(F)(F)F. The lowest BCUT2D eigenvalue weighted by Gasteiger charge is -2.08. The number of aliphatic hydroxyl groups is 1. The second-order valence-corrected chi connectivity index (χ2v) is 6.89. The molecule has 1 rings (SSSR count). The molecule has 114 valence electrons. The lowest BCUT2D eigenvalue weighted by atomic mass is 10.1. The highest BCUT2D eigenvalue weighted by atomic mass is 32.2. The quantitative estimate of drug-likeness (QED) is 0.749. The number of hydrogen-bond donors (Lipinski definition) is 2. The zero-order valence-corrected chi connectivity index (χ0v) is 12.0. The molecule has 0 aliphatic rings. The Bertz CT molecular complexity index is 532. The van der Waals surface area contributed by atoms with E-state index in [9.17, 15) is 21.6 Å². The van der Waals surface area contributed by atoms with Crippen molar-refractivity contribution in [1.29, 1.82) is 0 Å². The van der Waals surface area contributed by atoms with Crippen molar-refractivity contribution in [3.8, 4) is 0 Å². The van der Waals surface area contributed by atoms with E-state index in [0.717, 1.165) is 0 Å². The molecule has 1 aromatic rings. The highest BCUT2D eigenvalue weighted by molar-refractivity contribution is 8.00. The van der Waals surface area contributed by atoms with Gasteiger partial charge in [0.1, 0.15) is 0 Å². The molecule has 0 amide bonds. The minimum Gasteiger partial charge on any atom is -0.392 e. The first-order valence-electron chi connectivity index (χ1n) is 5.58. The van der Waals surface area contributed by atoms with Crippen LogP contribution in [-0.2, 0) is 22.4 Å². The fraction of sp³-hybridized carbons (Fsp3) is 0.455. The number of halogens is 3. The number of hydrogen-bond acceptors (Lipinski definition) is 4. The molecule has 1 aromatic carbocycles. The molecule has 2 N–H and O–H groups in total. The summed E-state index contributed by atoms with van der Waals surface area (Å²) in [5.74, 6) is -0.711. The fourth-order valence-electron chi connectivity index (χ4n) is 1.45. The van der Waals surface area contributed by atoms with Crippen molar-refractivity contribution in [3.63, 3.8) is 0 Å². The number of sulfonamides is 1. The number of alkyl halides is 3. The average Bonchev–Trinajstić information content (AvgIpc) is 2.33. The van der Waals surface area contributed by atoms with Crippen LogP contribution in [0.2, 0.25) is 0 Å². The third-order valence-corrected chi connectivity index (χ3v) is 4.31.